The van der Waals surface area contributed by atoms with E-state index in [0.717, 1.165) is 31.7 Å². The lowest BCUT2D eigenvalue weighted by molar-refractivity contribution is 0.0696. The highest BCUT2D eigenvalue weighted by molar-refractivity contribution is 5.94. The van der Waals surface area contributed by atoms with Crippen LogP contribution >= 0.6 is 12.4 Å². The SMILES string of the molecule is Cl.O=C(NC1CCOCC1)c1ccc(F)c(C2CC2NCC2CC2)c1. The molecule has 0 aromatic heterocycles. The van der Waals surface area contributed by atoms with Gasteiger partial charge in [0.1, 0.15) is 5.82 Å². The second-order valence-corrected chi connectivity index (χ2v) is 7.40. The number of ether oxygens (including phenoxy) is 1. The van der Waals surface area contributed by atoms with Crippen molar-refractivity contribution in [3.8, 4) is 0 Å². The summed E-state index contributed by atoms with van der Waals surface area (Å²) in [6.45, 7) is 2.43. The average Bonchev–Trinajstić information content (AvgIpc) is 3.49. The lowest BCUT2D eigenvalue weighted by Gasteiger charge is -2.23. The monoisotopic (exact) mass is 368 g/mol. The van der Waals surface area contributed by atoms with E-state index in [0.29, 0.717) is 30.4 Å². The molecule has 0 radical (unpaired) electrons. The topological polar surface area (TPSA) is 50.4 Å². The molecule has 1 saturated heterocycles. The molecule has 2 unspecified atom stereocenters. The largest absolute Gasteiger partial charge is 0.381 e. The lowest BCUT2D eigenvalue weighted by atomic mass is 10.0. The Morgan fingerprint density at radius 1 is 1.20 bits per heavy atom. The number of rotatable bonds is 6. The summed E-state index contributed by atoms with van der Waals surface area (Å²) in [5.41, 5.74) is 1.24. The predicted octanol–water partition coefficient (Wildman–Crippen LogP) is 3.01. The van der Waals surface area contributed by atoms with Gasteiger partial charge < -0.3 is 15.4 Å². The van der Waals surface area contributed by atoms with Crippen LogP contribution < -0.4 is 10.6 Å². The van der Waals surface area contributed by atoms with Gasteiger partial charge in [-0.2, -0.15) is 0 Å². The number of halogens is 2. The van der Waals surface area contributed by atoms with E-state index in [1.807, 2.05) is 0 Å². The van der Waals surface area contributed by atoms with Crippen LogP contribution in [0.3, 0.4) is 0 Å². The van der Waals surface area contributed by atoms with E-state index in [4.69, 9.17) is 4.74 Å². The summed E-state index contributed by atoms with van der Waals surface area (Å²) in [4.78, 5) is 12.4. The number of hydrogen-bond donors (Lipinski definition) is 2. The van der Waals surface area contributed by atoms with Crippen LogP contribution in [-0.4, -0.2) is 37.7 Å². The molecule has 6 heteroatoms. The van der Waals surface area contributed by atoms with Crippen LogP contribution in [0.1, 0.15) is 53.9 Å². The van der Waals surface area contributed by atoms with Gasteiger partial charge >= 0.3 is 0 Å². The number of carbonyl (C=O) groups is 1. The number of benzene rings is 1. The standard InChI is InChI=1S/C19H25FN2O2.ClH/c20-17-4-3-13(19(23)22-14-5-7-24-8-6-14)9-15(17)16-10-18(16)21-11-12-1-2-12;/h3-4,9,12,14,16,18,21H,1-2,5-8,10-11H2,(H,22,23);1H. The first-order valence-corrected chi connectivity index (χ1v) is 9.12. The first-order valence-electron chi connectivity index (χ1n) is 9.12. The minimum absolute atomic E-state index is 0. The quantitative estimate of drug-likeness (QED) is 0.811. The molecule has 2 saturated carbocycles. The number of carbonyl (C=O) groups excluding carboxylic acids is 1. The van der Waals surface area contributed by atoms with E-state index in [9.17, 15) is 9.18 Å². The third kappa shape index (κ3) is 4.72. The van der Waals surface area contributed by atoms with Gasteiger partial charge in [0.15, 0.2) is 0 Å². The zero-order valence-electron chi connectivity index (χ0n) is 14.3. The molecule has 0 bridgehead atoms. The summed E-state index contributed by atoms with van der Waals surface area (Å²) in [6.07, 6.45) is 5.29. The number of hydrogen-bond acceptors (Lipinski definition) is 3. The zero-order chi connectivity index (χ0) is 16.5. The van der Waals surface area contributed by atoms with Crippen molar-refractivity contribution in [2.75, 3.05) is 19.8 Å². The van der Waals surface area contributed by atoms with Crippen LogP contribution in [0.15, 0.2) is 18.2 Å². The molecule has 4 rings (SSSR count). The Morgan fingerprint density at radius 2 is 1.96 bits per heavy atom. The molecule has 0 spiro atoms. The van der Waals surface area contributed by atoms with Gasteiger partial charge in [0.25, 0.3) is 5.91 Å². The van der Waals surface area contributed by atoms with Crippen molar-refractivity contribution in [3.63, 3.8) is 0 Å². The maximum Gasteiger partial charge on any atom is 0.251 e. The van der Waals surface area contributed by atoms with Crippen LogP contribution in [0.4, 0.5) is 4.39 Å². The van der Waals surface area contributed by atoms with Gasteiger partial charge in [-0.15, -0.1) is 12.4 Å². The molecular formula is C19H26ClFN2O2. The maximum absolute atomic E-state index is 14.2. The van der Waals surface area contributed by atoms with Crippen molar-refractivity contribution in [3.05, 3.63) is 35.1 Å². The van der Waals surface area contributed by atoms with Crippen LogP contribution in [0.2, 0.25) is 0 Å². The van der Waals surface area contributed by atoms with Gasteiger partial charge in [0.2, 0.25) is 0 Å². The summed E-state index contributed by atoms with van der Waals surface area (Å²) in [6, 6.07) is 5.29. The molecule has 1 aromatic carbocycles. The van der Waals surface area contributed by atoms with Gasteiger partial charge in [-0.1, -0.05) is 0 Å². The van der Waals surface area contributed by atoms with Crippen LogP contribution in [0.25, 0.3) is 0 Å². The lowest BCUT2D eigenvalue weighted by Crippen LogP contribution is -2.38. The Morgan fingerprint density at radius 3 is 2.68 bits per heavy atom. The van der Waals surface area contributed by atoms with E-state index >= 15 is 0 Å². The molecule has 3 fully saturated rings. The minimum atomic E-state index is -0.196. The molecule has 1 heterocycles. The van der Waals surface area contributed by atoms with E-state index < -0.39 is 0 Å². The smallest absolute Gasteiger partial charge is 0.251 e. The highest BCUT2D eigenvalue weighted by Gasteiger charge is 2.40. The van der Waals surface area contributed by atoms with E-state index in [1.165, 1.54) is 18.9 Å². The molecule has 4 nitrogen and oxygen atoms in total. The minimum Gasteiger partial charge on any atom is -0.381 e. The summed E-state index contributed by atoms with van der Waals surface area (Å²) >= 11 is 0. The van der Waals surface area contributed by atoms with Crippen LogP contribution in [0, 0.1) is 11.7 Å². The molecule has 2 atom stereocenters. The summed E-state index contributed by atoms with van der Waals surface area (Å²) in [5.74, 6) is 0.733. The third-order valence-corrected chi connectivity index (χ3v) is 5.37. The molecule has 1 amide bonds. The van der Waals surface area contributed by atoms with E-state index in [2.05, 4.69) is 10.6 Å². The zero-order valence-corrected chi connectivity index (χ0v) is 15.1. The Hall–Kier alpha value is -1.17. The highest BCUT2D eigenvalue weighted by atomic mass is 35.5. The van der Waals surface area contributed by atoms with Crippen molar-refractivity contribution >= 4 is 18.3 Å². The van der Waals surface area contributed by atoms with Crippen molar-refractivity contribution in [1.82, 2.24) is 10.6 Å². The first kappa shape index (κ1) is 18.6. The molecular weight excluding hydrogens is 343 g/mol. The van der Waals surface area contributed by atoms with Crippen molar-refractivity contribution < 1.29 is 13.9 Å². The fourth-order valence-corrected chi connectivity index (χ4v) is 3.48. The average molecular weight is 369 g/mol. The predicted molar refractivity (Wildman–Crippen MR) is 96.8 cm³/mol. The normalized spacial score (nSPS) is 26.0. The fourth-order valence-electron chi connectivity index (χ4n) is 3.48. The fraction of sp³-hybridized carbons (Fsp3) is 0.632. The van der Waals surface area contributed by atoms with Gasteiger partial charge in [-0.05, 0) is 68.3 Å². The molecule has 3 aliphatic rings. The maximum atomic E-state index is 14.2. The molecule has 138 valence electrons. The molecule has 2 N–H and O–H groups in total. The van der Waals surface area contributed by atoms with Gasteiger partial charge in [0, 0.05) is 36.8 Å². The Bertz CT molecular complexity index is 617. The Kier molecular flexibility index (Phi) is 5.97. The van der Waals surface area contributed by atoms with Crippen LogP contribution in [-0.2, 0) is 4.74 Å². The van der Waals surface area contributed by atoms with Gasteiger partial charge in [-0.3, -0.25) is 4.79 Å². The molecule has 2 aliphatic carbocycles. The van der Waals surface area contributed by atoms with Gasteiger partial charge in [-0.25, -0.2) is 4.39 Å². The number of nitrogens with one attached hydrogen (secondary N) is 2. The second-order valence-electron chi connectivity index (χ2n) is 7.40. The Labute approximate surface area is 154 Å². The van der Waals surface area contributed by atoms with Gasteiger partial charge in [0.05, 0.1) is 0 Å². The van der Waals surface area contributed by atoms with E-state index in [1.54, 1.807) is 12.1 Å². The van der Waals surface area contributed by atoms with Crippen molar-refractivity contribution in [2.24, 2.45) is 5.92 Å². The molecule has 1 aliphatic heterocycles. The Balaban J connectivity index is 0.00000182. The van der Waals surface area contributed by atoms with Crippen LogP contribution in [0.5, 0.6) is 0 Å². The second kappa shape index (κ2) is 8.02. The molecule has 1 aromatic rings. The van der Waals surface area contributed by atoms with Crippen molar-refractivity contribution in [2.45, 2.75) is 50.1 Å². The number of amides is 1. The summed E-state index contributed by atoms with van der Waals surface area (Å²) in [7, 11) is 0. The van der Waals surface area contributed by atoms with Crippen molar-refractivity contribution in [1.29, 1.82) is 0 Å². The summed E-state index contributed by atoms with van der Waals surface area (Å²) < 4.78 is 19.5. The molecule has 25 heavy (non-hydrogen) atoms. The highest BCUT2D eigenvalue weighted by Crippen LogP contribution is 2.43. The van der Waals surface area contributed by atoms with E-state index in [-0.39, 0.29) is 36.1 Å². The third-order valence-electron chi connectivity index (χ3n) is 5.37. The first-order chi connectivity index (χ1) is 11.7. The summed E-state index contributed by atoms with van der Waals surface area (Å²) in [5, 5.41) is 6.57.